The summed E-state index contributed by atoms with van der Waals surface area (Å²) in [5, 5.41) is 2.82. The number of carbonyl (C=O) groups excluding carboxylic acids is 3. The average Bonchev–Trinajstić information content (AvgIpc) is 2.94. The van der Waals surface area contributed by atoms with Crippen molar-refractivity contribution < 1.29 is 28.6 Å². The molecule has 3 unspecified atom stereocenters. The molecule has 0 aliphatic carbocycles. The van der Waals surface area contributed by atoms with Gasteiger partial charge in [-0.2, -0.15) is 0 Å². The topological polar surface area (TPSA) is 120 Å². The number of benzene rings is 1. The van der Waals surface area contributed by atoms with E-state index in [1.54, 1.807) is 12.0 Å². The lowest BCUT2D eigenvalue weighted by molar-refractivity contribution is -0.152. The highest BCUT2D eigenvalue weighted by Gasteiger charge is 2.37. The highest BCUT2D eigenvalue weighted by molar-refractivity contribution is 5.81. The number of hydrogen-bond acceptors (Lipinski definition) is 7. The maximum atomic E-state index is 13.1. The smallest absolute Gasteiger partial charge is 0.412 e. The molecule has 1 saturated heterocycles. The summed E-state index contributed by atoms with van der Waals surface area (Å²) in [6, 6.07) is 9.43. The first-order chi connectivity index (χ1) is 18.8. The number of ether oxygens (including phenoxy) is 3. The number of allylic oxidation sites excluding steroid dienone is 1. The van der Waals surface area contributed by atoms with Gasteiger partial charge in [0.05, 0.1) is 19.1 Å². The highest BCUT2D eigenvalue weighted by atomic mass is 16.7. The van der Waals surface area contributed by atoms with Gasteiger partial charge in [-0.15, -0.1) is 0 Å². The van der Waals surface area contributed by atoms with E-state index in [1.807, 2.05) is 32.0 Å². The molecule has 1 aromatic rings. The molecule has 2 amide bonds. The molecule has 0 bridgehead atoms. The van der Waals surface area contributed by atoms with Crippen molar-refractivity contribution in [2.24, 2.45) is 11.7 Å². The summed E-state index contributed by atoms with van der Waals surface area (Å²) in [5.41, 5.74) is 6.90. The summed E-state index contributed by atoms with van der Waals surface area (Å²) in [6.45, 7) is 6.54. The van der Waals surface area contributed by atoms with Crippen LogP contribution in [0.25, 0.3) is 0 Å². The quantitative estimate of drug-likeness (QED) is 0.140. The number of nitrogens with two attached hydrogens (primary N) is 1. The molecule has 1 fully saturated rings. The van der Waals surface area contributed by atoms with Crippen LogP contribution in [0, 0.1) is 5.92 Å². The fourth-order valence-electron chi connectivity index (χ4n) is 4.81. The molecule has 3 N–H and O–H groups in total. The van der Waals surface area contributed by atoms with Crippen LogP contribution < -0.4 is 11.1 Å². The number of likely N-dealkylation sites (tertiary alicyclic amines) is 1. The van der Waals surface area contributed by atoms with Gasteiger partial charge in [0.2, 0.25) is 12.7 Å². The van der Waals surface area contributed by atoms with E-state index >= 15 is 0 Å². The minimum Gasteiger partial charge on any atom is -0.501 e. The Morgan fingerprint density at radius 3 is 2.51 bits per heavy atom. The Balaban J connectivity index is 1.82. The molecule has 1 aromatic carbocycles. The fourth-order valence-corrected chi connectivity index (χ4v) is 4.81. The molecule has 0 radical (unpaired) electrons. The van der Waals surface area contributed by atoms with Crippen LogP contribution in [0.5, 0.6) is 0 Å². The average molecular weight is 546 g/mol. The summed E-state index contributed by atoms with van der Waals surface area (Å²) < 4.78 is 16.3. The molecule has 39 heavy (non-hydrogen) atoms. The van der Waals surface area contributed by atoms with Crippen LogP contribution in [-0.2, 0) is 23.8 Å². The minimum absolute atomic E-state index is 0.0840. The summed E-state index contributed by atoms with van der Waals surface area (Å²) in [5.74, 6) is 0.232. The van der Waals surface area contributed by atoms with Crippen LogP contribution in [0.15, 0.2) is 42.2 Å². The number of rotatable bonds is 15. The zero-order valence-electron chi connectivity index (χ0n) is 24.0. The molecular weight excluding hydrogens is 498 g/mol. The standard InChI is InChI=1S/C30H47N3O6/c1-5-14-25(37-4)27(23-15-8-6-9-16-23)24-17-11-13-20-33(24)30(36)39-21-38-26(34)18-10-7-12-19-32-29(35)28(31)22(2)3/h6,8-9,14-16,22,24,27-28H,5,7,10-13,17-21,31H2,1-4H3,(H,32,35). The lowest BCUT2D eigenvalue weighted by atomic mass is 9.83. The Hall–Kier alpha value is -3.07. The van der Waals surface area contributed by atoms with E-state index in [4.69, 9.17) is 19.9 Å². The second-order valence-corrected chi connectivity index (χ2v) is 10.3. The van der Waals surface area contributed by atoms with Crippen molar-refractivity contribution in [3.8, 4) is 0 Å². The van der Waals surface area contributed by atoms with Crippen LogP contribution in [0.3, 0.4) is 0 Å². The number of unbranched alkanes of at least 4 members (excludes halogenated alkanes) is 2. The van der Waals surface area contributed by atoms with Gasteiger partial charge in [-0.05, 0) is 56.1 Å². The molecule has 218 valence electrons. The van der Waals surface area contributed by atoms with Gasteiger partial charge in [0.1, 0.15) is 5.76 Å². The number of piperidine rings is 1. The van der Waals surface area contributed by atoms with Gasteiger partial charge in [-0.25, -0.2) is 4.79 Å². The zero-order valence-corrected chi connectivity index (χ0v) is 24.0. The molecule has 1 aliphatic rings. The number of methoxy groups -OCH3 is 1. The van der Waals surface area contributed by atoms with E-state index in [9.17, 15) is 14.4 Å². The first-order valence-electron chi connectivity index (χ1n) is 14.2. The summed E-state index contributed by atoms with van der Waals surface area (Å²) >= 11 is 0. The Labute approximate surface area is 233 Å². The molecule has 0 spiro atoms. The van der Waals surface area contributed by atoms with Gasteiger partial charge in [-0.3, -0.25) is 9.59 Å². The summed E-state index contributed by atoms with van der Waals surface area (Å²) in [7, 11) is 1.67. The number of nitrogens with one attached hydrogen (secondary N) is 1. The van der Waals surface area contributed by atoms with E-state index < -0.39 is 24.9 Å². The lowest BCUT2D eigenvalue weighted by Gasteiger charge is -2.40. The van der Waals surface area contributed by atoms with Crippen LogP contribution in [-0.4, -0.2) is 61.9 Å². The van der Waals surface area contributed by atoms with Crippen molar-refractivity contribution in [3.05, 3.63) is 47.7 Å². The molecule has 0 aromatic heterocycles. The molecule has 1 heterocycles. The van der Waals surface area contributed by atoms with Crippen molar-refractivity contribution in [1.82, 2.24) is 10.2 Å². The predicted molar refractivity (Wildman–Crippen MR) is 151 cm³/mol. The molecule has 9 heteroatoms. The maximum Gasteiger partial charge on any atom is 0.412 e. The number of carbonyl (C=O) groups is 3. The lowest BCUT2D eigenvalue weighted by Crippen LogP contribution is -2.47. The SMILES string of the molecule is CCC=C(OC)C(c1ccccc1)C1CCCCN1C(=O)OCOC(=O)CCCCCNC(=O)C(N)C(C)C. The number of esters is 1. The van der Waals surface area contributed by atoms with E-state index in [2.05, 4.69) is 30.4 Å². The Kier molecular flexibility index (Phi) is 14.4. The minimum atomic E-state index is -0.512. The third kappa shape index (κ3) is 10.5. The Bertz CT molecular complexity index is 921. The van der Waals surface area contributed by atoms with Crippen LogP contribution >= 0.6 is 0 Å². The molecular formula is C30H47N3O6. The molecule has 1 aliphatic heterocycles. The second kappa shape index (κ2) is 17.5. The first-order valence-corrected chi connectivity index (χ1v) is 14.2. The number of amides is 2. The van der Waals surface area contributed by atoms with E-state index in [0.29, 0.717) is 19.5 Å². The van der Waals surface area contributed by atoms with Crippen LogP contribution in [0.2, 0.25) is 0 Å². The summed E-state index contributed by atoms with van der Waals surface area (Å²) in [6.07, 6.45) is 7.45. The second-order valence-electron chi connectivity index (χ2n) is 10.3. The van der Waals surface area contributed by atoms with Gasteiger partial charge < -0.3 is 30.2 Å². The van der Waals surface area contributed by atoms with Crippen molar-refractivity contribution >= 4 is 18.0 Å². The van der Waals surface area contributed by atoms with Crippen molar-refractivity contribution in [2.45, 2.75) is 90.1 Å². The van der Waals surface area contributed by atoms with Gasteiger partial charge in [0, 0.05) is 25.6 Å². The van der Waals surface area contributed by atoms with Crippen molar-refractivity contribution in [1.29, 1.82) is 0 Å². The number of hydrogen-bond donors (Lipinski definition) is 2. The maximum absolute atomic E-state index is 13.1. The molecule has 2 rings (SSSR count). The normalized spacial score (nSPS) is 17.3. The molecule has 9 nitrogen and oxygen atoms in total. The van der Waals surface area contributed by atoms with Crippen molar-refractivity contribution in [2.75, 3.05) is 27.0 Å². The summed E-state index contributed by atoms with van der Waals surface area (Å²) in [4.78, 5) is 38.8. The van der Waals surface area contributed by atoms with Crippen LogP contribution in [0.1, 0.15) is 83.6 Å². The van der Waals surface area contributed by atoms with E-state index in [1.165, 1.54) is 0 Å². The predicted octanol–water partition coefficient (Wildman–Crippen LogP) is 4.86. The van der Waals surface area contributed by atoms with Gasteiger partial charge in [0.15, 0.2) is 0 Å². The Morgan fingerprint density at radius 1 is 1.10 bits per heavy atom. The van der Waals surface area contributed by atoms with Gasteiger partial charge >= 0.3 is 12.1 Å². The third-order valence-corrected chi connectivity index (χ3v) is 7.05. The van der Waals surface area contributed by atoms with Gasteiger partial charge in [0.25, 0.3) is 0 Å². The largest absolute Gasteiger partial charge is 0.501 e. The fraction of sp³-hybridized carbons (Fsp3) is 0.633. The van der Waals surface area contributed by atoms with Crippen LogP contribution in [0.4, 0.5) is 4.79 Å². The molecule has 3 atom stereocenters. The third-order valence-electron chi connectivity index (χ3n) is 7.05. The van der Waals surface area contributed by atoms with E-state index in [0.717, 1.165) is 49.8 Å². The Morgan fingerprint density at radius 2 is 1.85 bits per heavy atom. The monoisotopic (exact) mass is 545 g/mol. The highest BCUT2D eigenvalue weighted by Crippen LogP contribution is 2.36. The zero-order chi connectivity index (χ0) is 28.6. The first kappa shape index (κ1) is 32.1. The van der Waals surface area contributed by atoms with Gasteiger partial charge in [-0.1, -0.05) is 57.5 Å². The molecule has 0 saturated carbocycles. The van der Waals surface area contributed by atoms with E-state index in [-0.39, 0.29) is 30.2 Å². The number of nitrogens with zero attached hydrogens (tertiary/aromatic N) is 1. The van der Waals surface area contributed by atoms with Crippen molar-refractivity contribution in [3.63, 3.8) is 0 Å².